The molecule has 0 fully saturated rings. The number of nitrogens with one attached hydrogen (secondary N) is 1. The lowest BCUT2D eigenvalue weighted by molar-refractivity contribution is -0.116. The first kappa shape index (κ1) is 21.6. The Labute approximate surface area is 188 Å². The highest BCUT2D eigenvalue weighted by Gasteiger charge is 2.19. The zero-order valence-corrected chi connectivity index (χ0v) is 19.1. The van der Waals surface area contributed by atoms with E-state index >= 15 is 0 Å². The lowest BCUT2D eigenvalue weighted by atomic mass is 10.1. The van der Waals surface area contributed by atoms with Gasteiger partial charge in [-0.05, 0) is 61.5 Å². The van der Waals surface area contributed by atoms with Gasteiger partial charge in [0.1, 0.15) is 17.0 Å². The lowest BCUT2D eigenvalue weighted by Crippen LogP contribution is -2.40. The van der Waals surface area contributed by atoms with Crippen molar-refractivity contribution >= 4 is 33.1 Å². The number of hydrogen-bond acceptors (Lipinski definition) is 5. The van der Waals surface area contributed by atoms with Crippen LogP contribution >= 0.6 is 11.3 Å². The van der Waals surface area contributed by atoms with Gasteiger partial charge in [-0.25, -0.2) is 9.36 Å². The molecule has 4 rings (SSSR count). The summed E-state index contributed by atoms with van der Waals surface area (Å²) in [5.74, 6) is 0.131. The largest absolute Gasteiger partial charge is 0.495 e. The standard InChI is InChI=1S/C24H23N3O4S/c1-14-5-7-18(16(3)11-14)27-23(29)22-19(9-10-32-22)26(24(27)30)13-21(28)25-17-12-15(2)6-8-20(17)31-4/h5-12H,13H2,1-4H3,(H,25,28). The number of ether oxygens (including phenoxy) is 1. The molecule has 164 valence electrons. The number of carbonyl (C=O) groups excluding carboxylic acids is 1. The van der Waals surface area contributed by atoms with Crippen molar-refractivity contribution in [1.82, 2.24) is 9.13 Å². The fourth-order valence-corrected chi connectivity index (χ4v) is 4.59. The molecule has 1 N–H and O–H groups in total. The molecule has 2 heterocycles. The molecule has 0 unspecified atom stereocenters. The van der Waals surface area contributed by atoms with Crippen LogP contribution < -0.4 is 21.3 Å². The molecule has 2 aromatic heterocycles. The van der Waals surface area contributed by atoms with Crippen LogP contribution in [-0.4, -0.2) is 22.2 Å². The van der Waals surface area contributed by atoms with Gasteiger partial charge in [0, 0.05) is 0 Å². The molecular weight excluding hydrogens is 426 g/mol. The number of hydrogen-bond donors (Lipinski definition) is 1. The molecule has 0 radical (unpaired) electrons. The van der Waals surface area contributed by atoms with Crippen molar-refractivity contribution < 1.29 is 9.53 Å². The SMILES string of the molecule is COc1ccc(C)cc1NC(=O)Cn1c(=O)n(-c2ccc(C)cc2C)c(=O)c2sccc21. The van der Waals surface area contributed by atoms with Gasteiger partial charge < -0.3 is 10.1 Å². The normalized spacial score (nSPS) is 11.0. The number of carbonyl (C=O) groups is 1. The highest BCUT2D eigenvalue weighted by atomic mass is 32.1. The molecular formula is C24H23N3O4S. The quantitative estimate of drug-likeness (QED) is 0.503. The average molecular weight is 450 g/mol. The third kappa shape index (κ3) is 3.85. The van der Waals surface area contributed by atoms with E-state index in [0.29, 0.717) is 27.3 Å². The molecule has 8 heteroatoms. The van der Waals surface area contributed by atoms with E-state index in [1.165, 1.54) is 23.0 Å². The van der Waals surface area contributed by atoms with Crippen molar-refractivity contribution in [3.8, 4) is 11.4 Å². The molecule has 2 aromatic carbocycles. The van der Waals surface area contributed by atoms with E-state index in [1.807, 2.05) is 39.0 Å². The van der Waals surface area contributed by atoms with Gasteiger partial charge in [0.25, 0.3) is 5.56 Å². The van der Waals surface area contributed by atoms with Crippen LogP contribution in [0, 0.1) is 20.8 Å². The van der Waals surface area contributed by atoms with E-state index in [9.17, 15) is 14.4 Å². The van der Waals surface area contributed by atoms with E-state index in [2.05, 4.69) is 5.32 Å². The molecule has 0 aliphatic carbocycles. The van der Waals surface area contributed by atoms with Gasteiger partial charge in [-0.2, -0.15) is 0 Å². The molecule has 4 aromatic rings. The van der Waals surface area contributed by atoms with Gasteiger partial charge in [-0.15, -0.1) is 11.3 Å². The minimum Gasteiger partial charge on any atom is -0.495 e. The second-order valence-corrected chi connectivity index (χ2v) is 8.60. The fraction of sp³-hybridized carbons (Fsp3) is 0.208. The first-order valence-electron chi connectivity index (χ1n) is 10.1. The minimum atomic E-state index is -0.556. The van der Waals surface area contributed by atoms with Crippen LogP contribution in [0.2, 0.25) is 0 Å². The smallest absolute Gasteiger partial charge is 0.336 e. The predicted octanol–water partition coefficient (Wildman–Crippen LogP) is 3.79. The average Bonchev–Trinajstić information content (AvgIpc) is 3.23. The summed E-state index contributed by atoms with van der Waals surface area (Å²) in [5, 5.41) is 4.57. The number of aryl methyl sites for hydroxylation is 3. The van der Waals surface area contributed by atoms with Gasteiger partial charge >= 0.3 is 5.69 Å². The molecule has 0 aliphatic heterocycles. The Hall–Kier alpha value is -3.65. The first-order chi connectivity index (χ1) is 15.3. The Morgan fingerprint density at radius 2 is 1.75 bits per heavy atom. The third-order valence-corrected chi connectivity index (χ3v) is 6.17. The number of amides is 1. The summed E-state index contributed by atoms with van der Waals surface area (Å²) in [7, 11) is 1.53. The topological polar surface area (TPSA) is 82.3 Å². The summed E-state index contributed by atoms with van der Waals surface area (Å²) >= 11 is 1.25. The molecule has 0 spiro atoms. The zero-order valence-electron chi connectivity index (χ0n) is 18.3. The Morgan fingerprint density at radius 3 is 2.47 bits per heavy atom. The minimum absolute atomic E-state index is 0.242. The Bertz CT molecular complexity index is 1460. The van der Waals surface area contributed by atoms with Gasteiger partial charge in [-0.1, -0.05) is 23.8 Å². The molecule has 1 amide bonds. The molecule has 0 atom stereocenters. The van der Waals surface area contributed by atoms with E-state index in [-0.39, 0.29) is 12.1 Å². The van der Waals surface area contributed by atoms with E-state index < -0.39 is 11.6 Å². The monoisotopic (exact) mass is 449 g/mol. The van der Waals surface area contributed by atoms with Crippen molar-refractivity contribution in [2.45, 2.75) is 27.3 Å². The number of rotatable bonds is 5. The van der Waals surface area contributed by atoms with Crippen LogP contribution in [0.4, 0.5) is 5.69 Å². The predicted molar refractivity (Wildman–Crippen MR) is 128 cm³/mol. The summed E-state index contributed by atoms with van der Waals surface area (Å²) in [6.45, 7) is 5.47. The molecule has 0 saturated carbocycles. The Kier molecular flexibility index (Phi) is 5.71. The maximum atomic E-state index is 13.4. The van der Waals surface area contributed by atoms with Crippen molar-refractivity contribution in [1.29, 1.82) is 0 Å². The van der Waals surface area contributed by atoms with Crippen LogP contribution in [0.25, 0.3) is 15.9 Å². The fourth-order valence-electron chi connectivity index (χ4n) is 3.76. The lowest BCUT2D eigenvalue weighted by Gasteiger charge is -2.15. The van der Waals surface area contributed by atoms with E-state index in [0.717, 1.165) is 21.3 Å². The van der Waals surface area contributed by atoms with Crippen molar-refractivity contribution in [3.05, 3.63) is 85.4 Å². The van der Waals surface area contributed by atoms with Crippen molar-refractivity contribution in [2.75, 3.05) is 12.4 Å². The molecule has 0 bridgehead atoms. The Morgan fingerprint density at radius 1 is 1.03 bits per heavy atom. The summed E-state index contributed by atoms with van der Waals surface area (Å²) in [6.07, 6.45) is 0. The number of thiophene rings is 1. The van der Waals surface area contributed by atoms with Crippen LogP contribution in [-0.2, 0) is 11.3 Å². The maximum Gasteiger partial charge on any atom is 0.336 e. The number of anilines is 1. The van der Waals surface area contributed by atoms with Crippen LogP contribution in [0.15, 0.2) is 57.4 Å². The summed E-state index contributed by atoms with van der Waals surface area (Å²) in [5.41, 5.74) is 3.33. The molecule has 7 nitrogen and oxygen atoms in total. The second kappa shape index (κ2) is 8.47. The van der Waals surface area contributed by atoms with Crippen LogP contribution in [0.5, 0.6) is 5.75 Å². The number of aromatic nitrogens is 2. The van der Waals surface area contributed by atoms with E-state index in [4.69, 9.17) is 4.74 Å². The number of methoxy groups -OCH3 is 1. The first-order valence-corrected chi connectivity index (χ1v) is 10.9. The zero-order chi connectivity index (χ0) is 23.0. The highest BCUT2D eigenvalue weighted by molar-refractivity contribution is 7.17. The Balaban J connectivity index is 1.81. The molecule has 0 saturated heterocycles. The number of fused-ring (bicyclic) bond motifs is 1. The van der Waals surface area contributed by atoms with Gasteiger partial charge in [0.15, 0.2) is 0 Å². The van der Waals surface area contributed by atoms with Gasteiger partial charge in [0.2, 0.25) is 5.91 Å². The van der Waals surface area contributed by atoms with Gasteiger partial charge in [-0.3, -0.25) is 14.2 Å². The number of nitrogens with zero attached hydrogens (tertiary/aromatic N) is 2. The summed E-state index contributed by atoms with van der Waals surface area (Å²) in [6, 6.07) is 12.7. The summed E-state index contributed by atoms with van der Waals surface area (Å²) < 4.78 is 8.23. The highest BCUT2D eigenvalue weighted by Crippen LogP contribution is 2.25. The van der Waals surface area contributed by atoms with Gasteiger partial charge in [0.05, 0.1) is 24.0 Å². The number of benzene rings is 2. The summed E-state index contributed by atoms with van der Waals surface area (Å²) in [4.78, 5) is 39.5. The molecule has 0 aliphatic rings. The van der Waals surface area contributed by atoms with Crippen LogP contribution in [0.1, 0.15) is 16.7 Å². The van der Waals surface area contributed by atoms with Crippen LogP contribution in [0.3, 0.4) is 0 Å². The van der Waals surface area contributed by atoms with Crippen molar-refractivity contribution in [3.63, 3.8) is 0 Å². The van der Waals surface area contributed by atoms with E-state index in [1.54, 1.807) is 29.6 Å². The third-order valence-electron chi connectivity index (χ3n) is 5.28. The maximum absolute atomic E-state index is 13.4. The van der Waals surface area contributed by atoms with Crippen molar-refractivity contribution in [2.24, 2.45) is 0 Å². The molecule has 32 heavy (non-hydrogen) atoms. The second-order valence-electron chi connectivity index (χ2n) is 7.69.